The molecule has 1 aromatic heterocycles. The van der Waals surface area contributed by atoms with Crippen LogP contribution in [0.5, 0.6) is 0 Å². The summed E-state index contributed by atoms with van der Waals surface area (Å²) in [7, 11) is 0. The summed E-state index contributed by atoms with van der Waals surface area (Å²) in [5, 5.41) is 13.6. The maximum absolute atomic E-state index is 11.3. The van der Waals surface area contributed by atoms with Gasteiger partial charge in [0.1, 0.15) is 5.56 Å². The van der Waals surface area contributed by atoms with E-state index in [2.05, 4.69) is 25.0 Å². The summed E-state index contributed by atoms with van der Waals surface area (Å²) < 4.78 is 1.79. The highest BCUT2D eigenvalue weighted by atomic mass is 16.4. The number of aromatic carboxylic acids is 1. The number of hydrogen-bond acceptors (Lipinski definition) is 2. The van der Waals surface area contributed by atoms with E-state index in [9.17, 15) is 9.90 Å². The highest BCUT2D eigenvalue weighted by Crippen LogP contribution is 2.21. The molecule has 0 unspecified atom stereocenters. The Morgan fingerprint density at radius 1 is 1.30 bits per heavy atom. The van der Waals surface area contributed by atoms with Crippen LogP contribution in [0.2, 0.25) is 0 Å². The zero-order chi connectivity index (χ0) is 14.5. The molecular formula is C16H20N2O2. The molecule has 0 aliphatic carbocycles. The topological polar surface area (TPSA) is 55.1 Å². The molecule has 0 aliphatic heterocycles. The predicted molar refractivity (Wildman–Crippen MR) is 78.5 cm³/mol. The molecule has 0 radical (unpaired) electrons. The SMILES string of the molecule is CCCCc1c(C(=O)O)cnn1-c1ccccc1CC. The van der Waals surface area contributed by atoms with Gasteiger partial charge in [0.05, 0.1) is 17.6 Å². The van der Waals surface area contributed by atoms with Crippen LogP contribution >= 0.6 is 0 Å². The first-order valence-electron chi connectivity index (χ1n) is 7.07. The lowest BCUT2D eigenvalue weighted by Crippen LogP contribution is -2.08. The van der Waals surface area contributed by atoms with Crippen LogP contribution in [-0.4, -0.2) is 20.9 Å². The Morgan fingerprint density at radius 2 is 2.05 bits per heavy atom. The molecule has 1 heterocycles. The summed E-state index contributed by atoms with van der Waals surface area (Å²) in [6.07, 6.45) is 5.07. The summed E-state index contributed by atoms with van der Waals surface area (Å²) in [5.74, 6) is -0.906. The van der Waals surface area contributed by atoms with Gasteiger partial charge in [0.25, 0.3) is 0 Å². The molecule has 4 nitrogen and oxygen atoms in total. The van der Waals surface area contributed by atoms with Gasteiger partial charge in [-0.15, -0.1) is 0 Å². The number of hydrogen-bond donors (Lipinski definition) is 1. The Labute approximate surface area is 119 Å². The minimum atomic E-state index is -0.906. The average molecular weight is 272 g/mol. The van der Waals surface area contributed by atoms with E-state index in [4.69, 9.17) is 0 Å². The van der Waals surface area contributed by atoms with Gasteiger partial charge >= 0.3 is 5.97 Å². The minimum absolute atomic E-state index is 0.310. The fraction of sp³-hybridized carbons (Fsp3) is 0.375. The molecule has 1 aromatic carbocycles. The summed E-state index contributed by atoms with van der Waals surface area (Å²) in [4.78, 5) is 11.3. The predicted octanol–water partition coefficient (Wildman–Crippen LogP) is 3.48. The Morgan fingerprint density at radius 3 is 2.70 bits per heavy atom. The molecule has 0 spiro atoms. The van der Waals surface area contributed by atoms with Crippen molar-refractivity contribution in [2.45, 2.75) is 39.5 Å². The van der Waals surface area contributed by atoms with Gasteiger partial charge in [-0.25, -0.2) is 9.48 Å². The standard InChI is InChI=1S/C16H20N2O2/c1-3-5-9-15-13(16(19)20)11-17-18(15)14-10-7-6-8-12(14)4-2/h6-8,10-11H,3-5,9H2,1-2H3,(H,19,20). The van der Waals surface area contributed by atoms with Gasteiger partial charge in [-0.1, -0.05) is 38.5 Å². The second kappa shape index (κ2) is 6.37. The van der Waals surface area contributed by atoms with Gasteiger partial charge in [0, 0.05) is 0 Å². The fourth-order valence-corrected chi connectivity index (χ4v) is 2.36. The number of nitrogens with zero attached hydrogens (tertiary/aromatic N) is 2. The van der Waals surface area contributed by atoms with Gasteiger partial charge in [0.2, 0.25) is 0 Å². The highest BCUT2D eigenvalue weighted by Gasteiger charge is 2.18. The highest BCUT2D eigenvalue weighted by molar-refractivity contribution is 5.88. The van der Waals surface area contributed by atoms with Crippen LogP contribution in [0, 0.1) is 0 Å². The number of unbranched alkanes of at least 4 members (excludes halogenated alkanes) is 1. The lowest BCUT2D eigenvalue weighted by molar-refractivity contribution is 0.0695. The zero-order valence-corrected chi connectivity index (χ0v) is 12.0. The second-order valence-electron chi connectivity index (χ2n) is 4.81. The molecule has 20 heavy (non-hydrogen) atoms. The summed E-state index contributed by atoms with van der Waals surface area (Å²) in [6, 6.07) is 8.00. The molecule has 0 aliphatic rings. The van der Waals surface area contributed by atoms with Crippen molar-refractivity contribution >= 4 is 5.97 Å². The maximum atomic E-state index is 11.3. The van der Waals surface area contributed by atoms with Crippen LogP contribution in [0.3, 0.4) is 0 Å². The van der Waals surface area contributed by atoms with E-state index >= 15 is 0 Å². The molecule has 0 amide bonds. The molecule has 0 fully saturated rings. The first-order valence-corrected chi connectivity index (χ1v) is 7.07. The van der Waals surface area contributed by atoms with E-state index in [-0.39, 0.29) is 0 Å². The van der Waals surface area contributed by atoms with Crippen molar-refractivity contribution in [3.63, 3.8) is 0 Å². The third-order valence-corrected chi connectivity index (χ3v) is 3.47. The monoisotopic (exact) mass is 272 g/mol. The van der Waals surface area contributed by atoms with Crippen molar-refractivity contribution in [3.05, 3.63) is 47.3 Å². The van der Waals surface area contributed by atoms with Crippen LogP contribution in [0.1, 0.15) is 48.3 Å². The number of rotatable bonds is 6. The average Bonchev–Trinajstić information content (AvgIpc) is 2.88. The van der Waals surface area contributed by atoms with Gasteiger partial charge in [-0.3, -0.25) is 0 Å². The molecule has 106 valence electrons. The summed E-state index contributed by atoms with van der Waals surface area (Å²) in [6.45, 7) is 4.19. The third-order valence-electron chi connectivity index (χ3n) is 3.47. The summed E-state index contributed by atoms with van der Waals surface area (Å²) >= 11 is 0. The van der Waals surface area contributed by atoms with E-state index in [0.717, 1.165) is 37.1 Å². The molecule has 0 bridgehead atoms. The van der Waals surface area contributed by atoms with Gasteiger partial charge in [-0.2, -0.15) is 5.10 Å². The molecule has 1 N–H and O–H groups in total. The number of para-hydroxylation sites is 1. The first-order chi connectivity index (χ1) is 9.69. The van der Waals surface area contributed by atoms with Crippen LogP contribution in [0.4, 0.5) is 0 Å². The quantitative estimate of drug-likeness (QED) is 0.876. The first kappa shape index (κ1) is 14.3. The van der Waals surface area contributed by atoms with E-state index in [1.54, 1.807) is 4.68 Å². The number of benzene rings is 1. The Balaban J connectivity index is 2.53. The molecule has 2 rings (SSSR count). The molecule has 0 saturated heterocycles. The van der Waals surface area contributed by atoms with Gasteiger partial charge in [0.15, 0.2) is 0 Å². The van der Waals surface area contributed by atoms with E-state index in [1.165, 1.54) is 11.8 Å². The summed E-state index contributed by atoms with van der Waals surface area (Å²) in [5.41, 5.74) is 3.25. The Hall–Kier alpha value is -2.10. The Kier molecular flexibility index (Phi) is 4.56. The van der Waals surface area contributed by atoms with Crippen LogP contribution in [-0.2, 0) is 12.8 Å². The number of carbonyl (C=O) groups is 1. The van der Waals surface area contributed by atoms with Crippen LogP contribution < -0.4 is 0 Å². The number of aromatic nitrogens is 2. The molecule has 2 aromatic rings. The Bertz CT molecular complexity index is 602. The fourth-order valence-electron chi connectivity index (χ4n) is 2.36. The van der Waals surface area contributed by atoms with Crippen molar-refractivity contribution in [2.24, 2.45) is 0 Å². The molecule has 0 saturated carbocycles. The zero-order valence-electron chi connectivity index (χ0n) is 12.0. The van der Waals surface area contributed by atoms with Crippen molar-refractivity contribution in [1.82, 2.24) is 9.78 Å². The molecule has 4 heteroatoms. The van der Waals surface area contributed by atoms with E-state index in [1.807, 2.05) is 18.2 Å². The largest absolute Gasteiger partial charge is 0.478 e. The molecular weight excluding hydrogens is 252 g/mol. The second-order valence-corrected chi connectivity index (χ2v) is 4.81. The maximum Gasteiger partial charge on any atom is 0.339 e. The van der Waals surface area contributed by atoms with E-state index < -0.39 is 5.97 Å². The number of carboxylic acids is 1. The number of aryl methyl sites for hydroxylation is 1. The normalized spacial score (nSPS) is 10.7. The minimum Gasteiger partial charge on any atom is -0.478 e. The molecule has 0 atom stereocenters. The van der Waals surface area contributed by atoms with Crippen molar-refractivity contribution in [1.29, 1.82) is 0 Å². The lowest BCUT2D eigenvalue weighted by atomic mass is 10.1. The van der Waals surface area contributed by atoms with Crippen molar-refractivity contribution in [2.75, 3.05) is 0 Å². The third kappa shape index (κ3) is 2.74. The van der Waals surface area contributed by atoms with Crippen LogP contribution in [0.15, 0.2) is 30.5 Å². The van der Waals surface area contributed by atoms with Gasteiger partial charge in [-0.05, 0) is 30.9 Å². The van der Waals surface area contributed by atoms with Crippen molar-refractivity contribution in [3.8, 4) is 5.69 Å². The van der Waals surface area contributed by atoms with Crippen LogP contribution in [0.25, 0.3) is 5.69 Å². The van der Waals surface area contributed by atoms with E-state index in [0.29, 0.717) is 5.56 Å². The lowest BCUT2D eigenvalue weighted by Gasteiger charge is -2.12. The smallest absolute Gasteiger partial charge is 0.339 e. The number of carboxylic acid groups (broad SMARTS) is 1. The van der Waals surface area contributed by atoms with Crippen molar-refractivity contribution < 1.29 is 9.90 Å². The van der Waals surface area contributed by atoms with Gasteiger partial charge < -0.3 is 5.11 Å².